The summed E-state index contributed by atoms with van der Waals surface area (Å²) in [5.74, 6) is -0.640. The molecule has 0 fully saturated rings. The second-order valence-corrected chi connectivity index (χ2v) is 8.37. The number of rotatable bonds is 12. The Kier molecular flexibility index (Phi) is 10.2. The van der Waals surface area contributed by atoms with Gasteiger partial charge in [-0.1, -0.05) is 80.9 Å². The van der Waals surface area contributed by atoms with Gasteiger partial charge in [-0.25, -0.2) is 4.79 Å². The molecule has 0 unspecified atom stereocenters. The average molecular weight is 442 g/mol. The zero-order valence-corrected chi connectivity index (χ0v) is 18.8. The molecule has 7 heteroatoms. The van der Waals surface area contributed by atoms with Crippen LogP contribution >= 0.6 is 0 Å². The lowest BCUT2D eigenvalue weighted by Gasteiger charge is -2.30. The van der Waals surface area contributed by atoms with Crippen LogP contribution in [0.5, 0.6) is 0 Å². The first-order valence-corrected chi connectivity index (χ1v) is 11.1. The van der Waals surface area contributed by atoms with Gasteiger partial charge < -0.3 is 26.6 Å². The molecule has 174 valence electrons. The van der Waals surface area contributed by atoms with Gasteiger partial charge in [0.2, 0.25) is 5.91 Å². The highest BCUT2D eigenvalue weighted by atomic mass is 16.4. The molecular weight excluding hydrogens is 406 g/mol. The topological polar surface area (TPSA) is 125 Å². The van der Waals surface area contributed by atoms with E-state index in [4.69, 9.17) is 10.8 Å². The van der Waals surface area contributed by atoms with E-state index in [0.29, 0.717) is 25.7 Å². The lowest BCUT2D eigenvalue weighted by atomic mass is 9.93. The number of hydrogen-bond acceptors (Lipinski definition) is 4. The third-order valence-electron chi connectivity index (χ3n) is 5.75. The number of carbonyl (C=O) groups excluding carboxylic acids is 1. The SMILES string of the molecule is CC[C@H](C)[C@H](NC(=O)O)C(=O)N[C@@H](Cc1ccccc1)[C@@H](O)C[C@@H](N)Cc1ccccc1. The van der Waals surface area contributed by atoms with Gasteiger partial charge >= 0.3 is 6.09 Å². The smallest absolute Gasteiger partial charge is 0.405 e. The molecule has 0 radical (unpaired) electrons. The normalized spacial score (nSPS) is 15.8. The van der Waals surface area contributed by atoms with E-state index in [2.05, 4.69) is 10.6 Å². The Hall–Kier alpha value is -2.90. The largest absolute Gasteiger partial charge is 0.465 e. The molecule has 2 aromatic carbocycles. The predicted molar refractivity (Wildman–Crippen MR) is 125 cm³/mol. The van der Waals surface area contributed by atoms with Gasteiger partial charge in [-0.3, -0.25) is 4.79 Å². The average Bonchev–Trinajstić information content (AvgIpc) is 2.77. The molecule has 7 nitrogen and oxygen atoms in total. The van der Waals surface area contributed by atoms with Crippen molar-refractivity contribution < 1.29 is 19.8 Å². The van der Waals surface area contributed by atoms with Crippen LogP contribution in [0.25, 0.3) is 0 Å². The molecule has 0 aliphatic rings. The minimum Gasteiger partial charge on any atom is -0.465 e. The van der Waals surface area contributed by atoms with E-state index in [9.17, 15) is 14.7 Å². The van der Waals surface area contributed by atoms with Crippen LogP contribution in [-0.2, 0) is 17.6 Å². The van der Waals surface area contributed by atoms with Crippen molar-refractivity contribution in [1.82, 2.24) is 10.6 Å². The first kappa shape index (κ1) is 25.4. The number of aliphatic hydroxyl groups is 1. The van der Waals surface area contributed by atoms with Gasteiger partial charge in [0, 0.05) is 6.04 Å². The molecule has 0 heterocycles. The Labute approximate surface area is 190 Å². The molecule has 0 aliphatic heterocycles. The fourth-order valence-corrected chi connectivity index (χ4v) is 3.73. The van der Waals surface area contributed by atoms with Crippen LogP contribution in [0, 0.1) is 5.92 Å². The van der Waals surface area contributed by atoms with Gasteiger partial charge in [0.15, 0.2) is 0 Å². The van der Waals surface area contributed by atoms with E-state index in [1.165, 1.54) is 0 Å². The maximum Gasteiger partial charge on any atom is 0.405 e. The van der Waals surface area contributed by atoms with Crippen molar-refractivity contribution in [2.45, 2.75) is 63.8 Å². The van der Waals surface area contributed by atoms with Crippen molar-refractivity contribution in [3.63, 3.8) is 0 Å². The Balaban J connectivity index is 2.13. The highest BCUT2D eigenvalue weighted by Gasteiger charge is 2.30. The monoisotopic (exact) mass is 441 g/mol. The number of nitrogens with one attached hydrogen (secondary N) is 2. The van der Waals surface area contributed by atoms with E-state index in [0.717, 1.165) is 11.1 Å². The second kappa shape index (κ2) is 12.8. The highest BCUT2D eigenvalue weighted by molar-refractivity contribution is 5.85. The van der Waals surface area contributed by atoms with E-state index < -0.39 is 30.2 Å². The summed E-state index contributed by atoms with van der Waals surface area (Å²) in [6.45, 7) is 3.71. The summed E-state index contributed by atoms with van der Waals surface area (Å²) < 4.78 is 0. The maximum atomic E-state index is 13.0. The zero-order chi connectivity index (χ0) is 23.5. The highest BCUT2D eigenvalue weighted by Crippen LogP contribution is 2.14. The van der Waals surface area contributed by atoms with E-state index in [1.54, 1.807) is 0 Å². The Bertz CT molecular complexity index is 832. The van der Waals surface area contributed by atoms with Crippen molar-refractivity contribution in [3.8, 4) is 0 Å². The van der Waals surface area contributed by atoms with Crippen LogP contribution in [0.1, 0.15) is 37.8 Å². The Morgan fingerprint density at radius 3 is 1.97 bits per heavy atom. The van der Waals surface area contributed by atoms with Gasteiger partial charge in [-0.2, -0.15) is 0 Å². The van der Waals surface area contributed by atoms with Crippen molar-refractivity contribution in [1.29, 1.82) is 0 Å². The summed E-state index contributed by atoms with van der Waals surface area (Å²) in [6, 6.07) is 17.6. The van der Waals surface area contributed by atoms with Gasteiger partial charge in [0.25, 0.3) is 0 Å². The summed E-state index contributed by atoms with van der Waals surface area (Å²) in [5, 5.41) is 25.3. The summed E-state index contributed by atoms with van der Waals surface area (Å²) in [7, 11) is 0. The second-order valence-electron chi connectivity index (χ2n) is 8.37. The van der Waals surface area contributed by atoms with Crippen molar-refractivity contribution in [3.05, 3.63) is 71.8 Å². The number of benzene rings is 2. The molecule has 0 aliphatic carbocycles. The minimum absolute atomic E-state index is 0.194. The molecular formula is C25H35N3O4. The predicted octanol–water partition coefficient (Wildman–Crippen LogP) is 2.72. The molecule has 0 bridgehead atoms. The minimum atomic E-state index is -1.25. The quantitative estimate of drug-likeness (QED) is 0.346. The molecule has 2 amide bonds. The molecule has 32 heavy (non-hydrogen) atoms. The summed E-state index contributed by atoms with van der Waals surface area (Å²) in [4.78, 5) is 24.2. The van der Waals surface area contributed by atoms with Crippen LogP contribution in [0.3, 0.4) is 0 Å². The van der Waals surface area contributed by atoms with Gasteiger partial charge in [-0.05, 0) is 36.3 Å². The third-order valence-corrected chi connectivity index (χ3v) is 5.75. The molecule has 2 rings (SSSR count). The van der Waals surface area contributed by atoms with E-state index in [1.807, 2.05) is 74.5 Å². The maximum absolute atomic E-state index is 13.0. The number of aliphatic hydroxyl groups excluding tert-OH is 1. The lowest BCUT2D eigenvalue weighted by Crippen LogP contribution is -2.55. The third kappa shape index (κ3) is 8.32. The lowest BCUT2D eigenvalue weighted by molar-refractivity contribution is -0.125. The zero-order valence-electron chi connectivity index (χ0n) is 18.8. The van der Waals surface area contributed by atoms with Crippen LogP contribution < -0.4 is 16.4 Å². The van der Waals surface area contributed by atoms with E-state index >= 15 is 0 Å². The number of hydrogen-bond donors (Lipinski definition) is 5. The molecule has 2 aromatic rings. The summed E-state index contributed by atoms with van der Waals surface area (Å²) in [6.07, 6.45) is -0.193. The number of amides is 2. The van der Waals surface area contributed by atoms with Crippen molar-refractivity contribution >= 4 is 12.0 Å². The molecule has 5 atom stereocenters. The van der Waals surface area contributed by atoms with Crippen molar-refractivity contribution in [2.75, 3.05) is 0 Å². The molecule has 0 spiro atoms. The Morgan fingerprint density at radius 2 is 1.47 bits per heavy atom. The standard InChI is InChI=1S/C25H35N3O4/c1-3-17(2)23(28-25(31)32)24(30)27-21(15-19-12-8-5-9-13-19)22(29)16-20(26)14-18-10-6-4-7-11-18/h4-13,17,20-23,28-29H,3,14-16,26H2,1-2H3,(H,27,30)(H,31,32)/t17-,20-,21-,22-,23-/m0/s1. The first-order chi connectivity index (χ1) is 15.3. The number of carboxylic acid groups (broad SMARTS) is 1. The van der Waals surface area contributed by atoms with E-state index in [-0.39, 0.29) is 12.0 Å². The number of nitrogens with two attached hydrogens (primary N) is 1. The summed E-state index contributed by atoms with van der Waals surface area (Å²) >= 11 is 0. The fraction of sp³-hybridized carbons (Fsp3) is 0.440. The van der Waals surface area contributed by atoms with Gasteiger partial charge in [0.05, 0.1) is 12.1 Å². The van der Waals surface area contributed by atoms with Gasteiger partial charge in [0.1, 0.15) is 6.04 Å². The van der Waals surface area contributed by atoms with Crippen LogP contribution in [0.15, 0.2) is 60.7 Å². The fourth-order valence-electron chi connectivity index (χ4n) is 3.73. The summed E-state index contributed by atoms with van der Waals surface area (Å²) in [5.41, 5.74) is 8.34. The van der Waals surface area contributed by atoms with Crippen LogP contribution in [-0.4, -0.2) is 46.4 Å². The Morgan fingerprint density at radius 1 is 0.938 bits per heavy atom. The molecule has 0 saturated carbocycles. The molecule has 0 aromatic heterocycles. The molecule has 6 N–H and O–H groups in total. The van der Waals surface area contributed by atoms with Crippen LogP contribution in [0.2, 0.25) is 0 Å². The van der Waals surface area contributed by atoms with Gasteiger partial charge in [-0.15, -0.1) is 0 Å². The van der Waals surface area contributed by atoms with Crippen molar-refractivity contribution in [2.24, 2.45) is 11.7 Å². The first-order valence-electron chi connectivity index (χ1n) is 11.1. The number of carbonyl (C=O) groups is 2. The van der Waals surface area contributed by atoms with Crippen LogP contribution in [0.4, 0.5) is 4.79 Å². The molecule has 0 saturated heterocycles.